The Labute approximate surface area is 482 Å². The number of aliphatic hydroxyl groups is 6. The molecule has 0 radical (unpaired) electrons. The van der Waals surface area contributed by atoms with Crippen molar-refractivity contribution in [1.82, 2.24) is 5.32 Å². The highest BCUT2D eigenvalue weighted by Gasteiger charge is 2.44. The Balaban J connectivity index is 2.10. The molecule has 1 fully saturated rings. The van der Waals surface area contributed by atoms with Crippen molar-refractivity contribution < 1.29 is 44.9 Å². The zero-order valence-electron chi connectivity index (χ0n) is 51.3. The molecule has 1 saturated heterocycles. The molecule has 1 amide bonds. The van der Waals surface area contributed by atoms with Crippen LogP contribution >= 0.6 is 0 Å². The van der Waals surface area contributed by atoms with Crippen molar-refractivity contribution in [2.75, 3.05) is 13.2 Å². The molecule has 0 aromatic heterocycles. The molecule has 78 heavy (non-hydrogen) atoms. The van der Waals surface area contributed by atoms with Crippen molar-refractivity contribution in [1.29, 1.82) is 0 Å². The van der Waals surface area contributed by atoms with Gasteiger partial charge in [0.1, 0.15) is 30.5 Å². The van der Waals surface area contributed by atoms with Gasteiger partial charge < -0.3 is 45.4 Å². The van der Waals surface area contributed by atoms with Crippen molar-refractivity contribution >= 4 is 5.91 Å². The average molecular weight is 1110 g/mol. The zero-order valence-corrected chi connectivity index (χ0v) is 51.3. The molecule has 8 atom stereocenters. The van der Waals surface area contributed by atoms with E-state index in [0.29, 0.717) is 12.8 Å². The van der Waals surface area contributed by atoms with Gasteiger partial charge in [-0.25, -0.2) is 0 Å². The molecule has 1 aliphatic rings. The number of carbonyl (C=O) groups excluding carboxylic acids is 1. The summed E-state index contributed by atoms with van der Waals surface area (Å²) in [5.41, 5.74) is 0. The maximum Gasteiger partial charge on any atom is 0.249 e. The van der Waals surface area contributed by atoms with Crippen molar-refractivity contribution in [2.45, 2.75) is 390 Å². The minimum atomic E-state index is -1.60. The van der Waals surface area contributed by atoms with E-state index >= 15 is 0 Å². The van der Waals surface area contributed by atoms with Gasteiger partial charge in [-0.2, -0.15) is 0 Å². The maximum atomic E-state index is 13.2. The Bertz CT molecular complexity index is 1300. The molecule has 7 N–H and O–H groups in total. The molecular weight excluding hydrogens is 975 g/mol. The normalized spacial score (nSPS) is 19.1. The van der Waals surface area contributed by atoms with E-state index in [1.165, 1.54) is 257 Å². The number of rotatable bonds is 60. The summed E-state index contributed by atoms with van der Waals surface area (Å²) in [6, 6.07) is -0.894. The van der Waals surface area contributed by atoms with Gasteiger partial charge in [-0.1, -0.05) is 321 Å². The summed E-state index contributed by atoms with van der Waals surface area (Å²) < 4.78 is 11.3. The molecule has 1 heterocycles. The Morgan fingerprint density at radius 2 is 0.756 bits per heavy atom. The number of hydrogen-bond donors (Lipinski definition) is 7. The number of carbonyl (C=O) groups is 1. The van der Waals surface area contributed by atoms with Crippen LogP contribution in [0.4, 0.5) is 0 Å². The van der Waals surface area contributed by atoms with Gasteiger partial charge in [-0.3, -0.25) is 4.79 Å². The predicted molar refractivity (Wildman–Crippen MR) is 329 cm³/mol. The van der Waals surface area contributed by atoms with Crippen LogP contribution in [0.5, 0.6) is 0 Å². The molecule has 0 bridgehead atoms. The van der Waals surface area contributed by atoms with Crippen LogP contribution in [-0.4, -0.2) is 98.7 Å². The average Bonchev–Trinajstić information content (AvgIpc) is 3.45. The summed E-state index contributed by atoms with van der Waals surface area (Å²) in [5.74, 6) is -0.578. The summed E-state index contributed by atoms with van der Waals surface area (Å²) >= 11 is 0. The van der Waals surface area contributed by atoms with E-state index in [0.717, 1.165) is 57.8 Å². The third-order valence-electron chi connectivity index (χ3n) is 16.7. The van der Waals surface area contributed by atoms with Crippen molar-refractivity contribution in [2.24, 2.45) is 0 Å². The monoisotopic (exact) mass is 1110 g/mol. The first-order valence-corrected chi connectivity index (χ1v) is 34.1. The van der Waals surface area contributed by atoms with Gasteiger partial charge in [0.25, 0.3) is 0 Å². The topological polar surface area (TPSA) is 169 Å². The summed E-state index contributed by atoms with van der Waals surface area (Å²) in [6.45, 7) is 3.72. The Morgan fingerprint density at radius 3 is 1.10 bits per heavy atom. The van der Waals surface area contributed by atoms with Crippen LogP contribution in [0.1, 0.15) is 341 Å². The lowest BCUT2D eigenvalue weighted by molar-refractivity contribution is -0.302. The van der Waals surface area contributed by atoms with Gasteiger partial charge in [0.2, 0.25) is 5.91 Å². The lowest BCUT2D eigenvalue weighted by Crippen LogP contribution is -2.60. The third kappa shape index (κ3) is 45.2. The largest absolute Gasteiger partial charge is 0.394 e. The van der Waals surface area contributed by atoms with E-state index in [1.54, 1.807) is 0 Å². The van der Waals surface area contributed by atoms with Crippen LogP contribution < -0.4 is 5.32 Å². The zero-order chi connectivity index (χ0) is 56.6. The Hall–Kier alpha value is -1.37. The highest BCUT2D eigenvalue weighted by molar-refractivity contribution is 5.80. The molecular formula is C68H131NO9. The fraction of sp³-hybridized carbons (Fsp3) is 0.926. The minimum Gasteiger partial charge on any atom is -0.394 e. The molecule has 0 aromatic carbocycles. The fourth-order valence-electron chi connectivity index (χ4n) is 11.2. The molecule has 1 rings (SSSR count). The van der Waals surface area contributed by atoms with E-state index in [4.69, 9.17) is 9.47 Å². The molecule has 10 nitrogen and oxygen atoms in total. The number of ether oxygens (including phenoxy) is 2. The molecule has 462 valence electrons. The Morgan fingerprint density at radius 1 is 0.436 bits per heavy atom. The summed E-state index contributed by atoms with van der Waals surface area (Å²) in [7, 11) is 0. The molecule has 8 unspecified atom stereocenters. The van der Waals surface area contributed by atoms with Crippen LogP contribution in [0.25, 0.3) is 0 Å². The van der Waals surface area contributed by atoms with Gasteiger partial charge in [-0.15, -0.1) is 0 Å². The number of nitrogens with one attached hydrogen (secondary N) is 1. The second kappa shape index (κ2) is 57.4. The van der Waals surface area contributed by atoms with Crippen molar-refractivity contribution in [3.63, 3.8) is 0 Å². The fourth-order valence-corrected chi connectivity index (χ4v) is 11.2. The van der Waals surface area contributed by atoms with E-state index in [-0.39, 0.29) is 6.61 Å². The summed E-state index contributed by atoms with van der Waals surface area (Å²) in [5, 5.41) is 65.4. The number of aliphatic hydroxyl groups excluding tert-OH is 6. The summed E-state index contributed by atoms with van der Waals surface area (Å²) in [4.78, 5) is 13.2. The summed E-state index contributed by atoms with van der Waals surface area (Å²) in [6.07, 6.45) is 64.2. The van der Waals surface area contributed by atoms with Gasteiger partial charge in [-0.05, 0) is 44.9 Å². The second-order valence-corrected chi connectivity index (χ2v) is 24.1. The van der Waals surface area contributed by atoms with Gasteiger partial charge in [0.05, 0.1) is 25.4 Å². The first-order chi connectivity index (χ1) is 38.3. The highest BCUT2D eigenvalue weighted by atomic mass is 16.7. The SMILES string of the molecule is CCCCCCCCCCCCCCC/C=C\C/C=C\CCCCCCCCCCCCCCCCCCC(O)C(=O)NC(COC1OC(CO)C(O)C(O)C1O)C(O)CCCCCCCCCCCCCCCCCCC. The maximum absolute atomic E-state index is 13.2. The van der Waals surface area contributed by atoms with Gasteiger partial charge in [0, 0.05) is 0 Å². The number of unbranched alkanes of at least 4 members (excludes halogenated alkanes) is 45. The Kier molecular flexibility index (Phi) is 55.0. The first kappa shape index (κ1) is 74.6. The molecule has 10 heteroatoms. The van der Waals surface area contributed by atoms with Crippen molar-refractivity contribution in [3.05, 3.63) is 24.3 Å². The van der Waals surface area contributed by atoms with E-state index in [9.17, 15) is 35.4 Å². The lowest BCUT2D eigenvalue weighted by atomic mass is 9.99. The molecule has 1 aliphatic heterocycles. The first-order valence-electron chi connectivity index (χ1n) is 34.1. The smallest absolute Gasteiger partial charge is 0.249 e. The number of hydrogen-bond acceptors (Lipinski definition) is 9. The van der Waals surface area contributed by atoms with Crippen LogP contribution in [0.15, 0.2) is 24.3 Å². The predicted octanol–water partition coefficient (Wildman–Crippen LogP) is 17.1. The van der Waals surface area contributed by atoms with Crippen LogP contribution in [0.3, 0.4) is 0 Å². The van der Waals surface area contributed by atoms with E-state index < -0.39 is 61.5 Å². The van der Waals surface area contributed by atoms with E-state index in [2.05, 4.69) is 43.5 Å². The van der Waals surface area contributed by atoms with Crippen LogP contribution in [0, 0.1) is 0 Å². The molecule has 0 saturated carbocycles. The number of amides is 1. The van der Waals surface area contributed by atoms with Crippen LogP contribution in [-0.2, 0) is 14.3 Å². The highest BCUT2D eigenvalue weighted by Crippen LogP contribution is 2.24. The van der Waals surface area contributed by atoms with Crippen LogP contribution in [0.2, 0.25) is 0 Å². The second-order valence-electron chi connectivity index (χ2n) is 24.1. The molecule has 0 spiro atoms. The number of allylic oxidation sites excluding steroid dienone is 4. The minimum absolute atomic E-state index is 0.252. The van der Waals surface area contributed by atoms with Gasteiger partial charge >= 0.3 is 0 Å². The third-order valence-corrected chi connectivity index (χ3v) is 16.7. The lowest BCUT2D eigenvalue weighted by Gasteiger charge is -2.40. The molecule has 0 aromatic rings. The quantitative estimate of drug-likeness (QED) is 0.0232. The standard InChI is InChI=1S/C68H131NO9/c1-3-5-7-9-11-13-15-17-19-21-22-23-24-25-26-27-28-29-30-31-32-33-34-35-36-37-38-39-41-43-45-47-49-51-53-55-57-62(72)67(76)69-60(59-77-68-66(75)65(74)64(73)63(58-70)78-68)61(71)56-54-52-50-48-46-44-42-40-20-18-16-14-12-10-8-6-4-2/h26-27,29-30,60-66,68,70-75H,3-25,28,31-59H2,1-2H3,(H,69,76)/b27-26-,30-29-. The van der Waals surface area contributed by atoms with Gasteiger partial charge in [0.15, 0.2) is 6.29 Å². The molecule has 0 aliphatic carbocycles. The van der Waals surface area contributed by atoms with Crippen molar-refractivity contribution in [3.8, 4) is 0 Å². The van der Waals surface area contributed by atoms with E-state index in [1.807, 2.05) is 0 Å².